The number of hydrogen-bond acceptors (Lipinski definition) is 5. The van der Waals surface area contributed by atoms with E-state index in [0.717, 1.165) is 19.3 Å². The van der Waals surface area contributed by atoms with Gasteiger partial charge in [0.25, 0.3) is 0 Å². The molecule has 2 aromatic carbocycles. The number of rotatable bonds is 9. The van der Waals surface area contributed by atoms with Gasteiger partial charge < -0.3 is 14.8 Å². The lowest BCUT2D eigenvalue weighted by molar-refractivity contribution is -0.122. The fourth-order valence-electron chi connectivity index (χ4n) is 3.29. The topological polar surface area (TPSA) is 78.3 Å². The quantitative estimate of drug-likeness (QED) is 0.520. The highest BCUT2D eigenvalue weighted by Gasteiger charge is 2.25. The Labute approximate surface area is 180 Å². The fraction of sp³-hybridized carbons (Fsp3) is 0.348. The first-order valence-corrected chi connectivity index (χ1v) is 10.5. The second-order valence-corrected chi connectivity index (χ2v) is 7.35. The third-order valence-electron chi connectivity index (χ3n) is 5.19. The number of halogens is 1. The van der Waals surface area contributed by atoms with Crippen molar-refractivity contribution in [1.82, 2.24) is 14.8 Å². The zero-order chi connectivity index (χ0) is 21.6. The van der Waals surface area contributed by atoms with Crippen LogP contribution in [0.1, 0.15) is 26.2 Å². The van der Waals surface area contributed by atoms with E-state index in [4.69, 9.17) is 9.47 Å². The molecule has 0 aliphatic heterocycles. The van der Waals surface area contributed by atoms with E-state index >= 15 is 0 Å². The summed E-state index contributed by atoms with van der Waals surface area (Å²) in [5.41, 5.74) is 2.09. The lowest BCUT2D eigenvalue weighted by Gasteiger charge is -2.24. The van der Waals surface area contributed by atoms with Crippen LogP contribution in [-0.4, -0.2) is 40.5 Å². The van der Waals surface area contributed by atoms with E-state index < -0.39 is 0 Å². The van der Waals surface area contributed by atoms with Crippen LogP contribution in [0.15, 0.2) is 48.5 Å². The molecule has 0 unspecified atom stereocenters. The summed E-state index contributed by atoms with van der Waals surface area (Å²) in [4.78, 5) is 16.8. The maximum absolute atomic E-state index is 13.4. The summed E-state index contributed by atoms with van der Waals surface area (Å²) in [5.74, 6) is 0.313. The van der Waals surface area contributed by atoms with Gasteiger partial charge in [0.2, 0.25) is 5.91 Å². The Morgan fingerprint density at radius 3 is 2.71 bits per heavy atom. The number of carbonyl (C=O) groups excluding carboxylic acids is 1. The molecule has 1 saturated carbocycles. The summed E-state index contributed by atoms with van der Waals surface area (Å²) >= 11 is 0. The highest BCUT2D eigenvalue weighted by molar-refractivity contribution is 5.93. The summed E-state index contributed by atoms with van der Waals surface area (Å²) in [7, 11) is 0. The van der Waals surface area contributed by atoms with Gasteiger partial charge in [-0.3, -0.25) is 4.79 Å². The molecular formula is C23H25FN4O3. The molecule has 0 bridgehead atoms. The van der Waals surface area contributed by atoms with Crippen molar-refractivity contribution in [3.8, 4) is 23.1 Å². The van der Waals surface area contributed by atoms with Crippen LogP contribution in [0.2, 0.25) is 0 Å². The molecule has 8 heteroatoms. The second-order valence-electron chi connectivity index (χ2n) is 7.35. The first-order chi connectivity index (χ1) is 15.1. The largest absolute Gasteiger partial charge is 0.460 e. The van der Waals surface area contributed by atoms with E-state index in [1.54, 1.807) is 16.8 Å². The molecule has 0 spiro atoms. The molecule has 0 radical (unpaired) electrons. The van der Waals surface area contributed by atoms with Gasteiger partial charge in [-0.15, -0.1) is 5.10 Å². The third-order valence-corrected chi connectivity index (χ3v) is 5.19. The van der Waals surface area contributed by atoms with E-state index in [2.05, 4.69) is 15.4 Å². The Hall–Kier alpha value is -3.26. The van der Waals surface area contributed by atoms with Crippen molar-refractivity contribution in [2.24, 2.45) is 5.92 Å². The molecule has 0 saturated heterocycles. The number of anilines is 1. The fourth-order valence-corrected chi connectivity index (χ4v) is 3.29. The summed E-state index contributed by atoms with van der Waals surface area (Å²) in [6, 6.07) is 13.6. The molecule has 0 atom stereocenters. The van der Waals surface area contributed by atoms with Crippen LogP contribution in [0, 0.1) is 11.7 Å². The average Bonchev–Trinajstić information content (AvgIpc) is 3.15. The van der Waals surface area contributed by atoms with Gasteiger partial charge in [-0.2, -0.15) is 4.98 Å². The number of carbonyl (C=O) groups is 1. The van der Waals surface area contributed by atoms with E-state index in [1.807, 2.05) is 31.2 Å². The Morgan fingerprint density at radius 1 is 1.19 bits per heavy atom. The van der Waals surface area contributed by atoms with Crippen molar-refractivity contribution < 1.29 is 18.7 Å². The van der Waals surface area contributed by atoms with Crippen LogP contribution < -0.4 is 10.1 Å². The first kappa shape index (κ1) is 21.0. The maximum Gasteiger partial charge on any atom is 0.336 e. The van der Waals surface area contributed by atoms with Crippen LogP contribution in [0.3, 0.4) is 0 Å². The Balaban J connectivity index is 1.62. The minimum absolute atomic E-state index is 0.0423. The third kappa shape index (κ3) is 5.08. The average molecular weight is 424 g/mol. The van der Waals surface area contributed by atoms with Crippen molar-refractivity contribution in [3.05, 3.63) is 54.3 Å². The van der Waals surface area contributed by atoms with Crippen molar-refractivity contribution >= 4 is 11.6 Å². The molecule has 1 amide bonds. The van der Waals surface area contributed by atoms with Crippen molar-refractivity contribution in [2.45, 2.75) is 26.2 Å². The van der Waals surface area contributed by atoms with Gasteiger partial charge in [0.05, 0.1) is 12.3 Å². The van der Waals surface area contributed by atoms with Crippen molar-refractivity contribution in [1.29, 1.82) is 0 Å². The lowest BCUT2D eigenvalue weighted by Crippen LogP contribution is -2.28. The predicted octanol–water partition coefficient (Wildman–Crippen LogP) is 4.23. The second kappa shape index (κ2) is 9.70. The molecular weight excluding hydrogens is 399 g/mol. The molecule has 4 rings (SSSR count). The van der Waals surface area contributed by atoms with Crippen LogP contribution in [0.5, 0.6) is 6.01 Å². The molecule has 1 aliphatic rings. The smallest absolute Gasteiger partial charge is 0.336 e. The van der Waals surface area contributed by atoms with Crippen LogP contribution >= 0.6 is 0 Å². The van der Waals surface area contributed by atoms with E-state index in [0.29, 0.717) is 42.6 Å². The molecule has 7 nitrogen and oxygen atoms in total. The number of hydrogen-bond donors (Lipinski definition) is 1. The maximum atomic E-state index is 13.4. The first-order valence-electron chi connectivity index (χ1n) is 10.5. The number of nitrogens with one attached hydrogen (secondary N) is 1. The molecule has 1 aliphatic carbocycles. The molecule has 1 N–H and O–H groups in total. The number of amides is 1. The molecule has 31 heavy (non-hydrogen) atoms. The summed E-state index contributed by atoms with van der Waals surface area (Å²) in [5, 5.41) is 7.46. The highest BCUT2D eigenvalue weighted by Crippen LogP contribution is 2.29. The minimum Gasteiger partial charge on any atom is -0.460 e. The van der Waals surface area contributed by atoms with Gasteiger partial charge in [-0.05, 0) is 62.2 Å². The number of benzene rings is 2. The van der Waals surface area contributed by atoms with Crippen molar-refractivity contribution in [3.63, 3.8) is 0 Å². The van der Waals surface area contributed by atoms with Gasteiger partial charge in [-0.25, -0.2) is 9.07 Å². The summed E-state index contributed by atoms with van der Waals surface area (Å²) in [6.07, 6.45) is 2.97. The Morgan fingerprint density at radius 2 is 2.00 bits per heavy atom. The Bertz CT molecular complexity index is 1030. The van der Waals surface area contributed by atoms with E-state index in [1.165, 1.54) is 12.1 Å². The minimum atomic E-state index is -0.330. The SMILES string of the molecule is CCOCCOc1nc(-c2ccc(F)cc2)n(-c2cccc(NC(=O)C3CCC3)c2)n1. The predicted molar refractivity (Wildman–Crippen MR) is 115 cm³/mol. The van der Waals surface area contributed by atoms with Crippen molar-refractivity contribution in [2.75, 3.05) is 25.1 Å². The van der Waals surface area contributed by atoms with Crippen LogP contribution in [-0.2, 0) is 9.53 Å². The van der Waals surface area contributed by atoms with Crippen LogP contribution in [0.4, 0.5) is 10.1 Å². The molecule has 162 valence electrons. The molecule has 1 heterocycles. The summed E-state index contributed by atoms with van der Waals surface area (Å²) < 4.78 is 26.0. The Kier molecular flexibility index (Phi) is 6.57. The standard InChI is InChI=1S/C23H25FN4O3/c1-2-30-13-14-31-23-26-21(16-9-11-18(24)12-10-16)28(27-23)20-8-4-7-19(15-20)25-22(29)17-5-3-6-17/h4,7-12,15,17H,2-3,5-6,13-14H2,1H3,(H,25,29). The zero-order valence-electron chi connectivity index (χ0n) is 17.4. The number of nitrogens with zero attached hydrogens (tertiary/aromatic N) is 3. The normalized spacial score (nSPS) is 13.6. The number of aromatic nitrogens is 3. The molecule has 1 fully saturated rings. The van der Waals surface area contributed by atoms with E-state index in [9.17, 15) is 9.18 Å². The van der Waals surface area contributed by atoms with Gasteiger partial charge >= 0.3 is 6.01 Å². The van der Waals surface area contributed by atoms with E-state index in [-0.39, 0.29) is 23.7 Å². The highest BCUT2D eigenvalue weighted by atomic mass is 19.1. The van der Waals surface area contributed by atoms with Gasteiger partial charge in [0.1, 0.15) is 12.4 Å². The van der Waals surface area contributed by atoms with Gasteiger partial charge in [0, 0.05) is 23.8 Å². The van der Waals surface area contributed by atoms with Gasteiger partial charge in [0.15, 0.2) is 5.82 Å². The number of ether oxygens (including phenoxy) is 2. The van der Waals surface area contributed by atoms with Crippen LogP contribution in [0.25, 0.3) is 17.1 Å². The van der Waals surface area contributed by atoms with Gasteiger partial charge in [-0.1, -0.05) is 12.5 Å². The monoisotopic (exact) mass is 424 g/mol. The summed E-state index contributed by atoms with van der Waals surface area (Å²) in [6.45, 7) is 3.26. The molecule has 3 aromatic rings. The molecule has 1 aromatic heterocycles. The zero-order valence-corrected chi connectivity index (χ0v) is 17.4. The lowest BCUT2D eigenvalue weighted by atomic mass is 9.85.